The maximum atomic E-state index is 13.0. The molecular weight excluding hydrogens is 440 g/mol. The van der Waals surface area contributed by atoms with Crippen molar-refractivity contribution in [3.05, 3.63) is 58.2 Å². The van der Waals surface area contributed by atoms with Crippen molar-refractivity contribution in [1.29, 1.82) is 0 Å². The van der Waals surface area contributed by atoms with Crippen molar-refractivity contribution in [3.63, 3.8) is 0 Å². The first-order valence-corrected chi connectivity index (χ1v) is 11.7. The van der Waals surface area contributed by atoms with Gasteiger partial charge in [-0.25, -0.2) is 4.98 Å². The molecule has 33 heavy (non-hydrogen) atoms. The SMILES string of the molecule is COc1ccc2c(c1)C(=O)N(c1csc(C(=O)Nc3cnccc3N3CCCNCC3)n1)C2. The van der Waals surface area contributed by atoms with Crippen LogP contribution in [0.25, 0.3) is 0 Å². The molecule has 0 unspecified atom stereocenters. The summed E-state index contributed by atoms with van der Waals surface area (Å²) in [6.45, 7) is 4.06. The van der Waals surface area contributed by atoms with Gasteiger partial charge < -0.3 is 20.3 Å². The number of anilines is 3. The Morgan fingerprint density at radius 1 is 1.24 bits per heavy atom. The van der Waals surface area contributed by atoms with E-state index in [0.29, 0.717) is 34.4 Å². The first-order valence-electron chi connectivity index (χ1n) is 10.8. The molecule has 0 radical (unpaired) electrons. The molecule has 2 aliphatic heterocycles. The van der Waals surface area contributed by atoms with E-state index >= 15 is 0 Å². The van der Waals surface area contributed by atoms with Gasteiger partial charge >= 0.3 is 0 Å². The number of nitrogens with one attached hydrogen (secondary N) is 2. The Balaban J connectivity index is 1.32. The van der Waals surface area contributed by atoms with Gasteiger partial charge in [0.05, 0.1) is 31.2 Å². The van der Waals surface area contributed by atoms with Crippen molar-refractivity contribution < 1.29 is 14.3 Å². The van der Waals surface area contributed by atoms with E-state index in [4.69, 9.17) is 4.74 Å². The van der Waals surface area contributed by atoms with Crippen molar-refractivity contribution in [2.24, 2.45) is 0 Å². The molecule has 2 aliphatic rings. The first-order chi connectivity index (χ1) is 16.1. The molecule has 0 atom stereocenters. The normalized spacial score (nSPS) is 15.8. The van der Waals surface area contributed by atoms with Crippen LogP contribution in [-0.2, 0) is 6.54 Å². The molecule has 0 aliphatic carbocycles. The number of pyridine rings is 1. The highest BCUT2D eigenvalue weighted by atomic mass is 32.1. The van der Waals surface area contributed by atoms with Crippen molar-refractivity contribution >= 4 is 40.3 Å². The molecular formula is C23H24N6O3S. The van der Waals surface area contributed by atoms with Gasteiger partial charge in [0.1, 0.15) is 11.6 Å². The lowest BCUT2D eigenvalue weighted by atomic mass is 10.1. The summed E-state index contributed by atoms with van der Waals surface area (Å²) in [4.78, 5) is 38.4. The molecule has 9 nitrogen and oxygen atoms in total. The number of rotatable bonds is 5. The zero-order chi connectivity index (χ0) is 22.8. The zero-order valence-electron chi connectivity index (χ0n) is 18.2. The number of benzene rings is 1. The highest BCUT2D eigenvalue weighted by Gasteiger charge is 2.31. The molecule has 1 fully saturated rings. The number of aromatic nitrogens is 2. The van der Waals surface area contributed by atoms with Crippen molar-refractivity contribution in [1.82, 2.24) is 15.3 Å². The smallest absolute Gasteiger partial charge is 0.284 e. The number of hydrogen-bond donors (Lipinski definition) is 2. The maximum absolute atomic E-state index is 13.0. The number of hydrogen-bond acceptors (Lipinski definition) is 8. The Kier molecular flexibility index (Phi) is 5.93. The summed E-state index contributed by atoms with van der Waals surface area (Å²) in [5.41, 5.74) is 3.10. The van der Waals surface area contributed by atoms with Crippen LogP contribution in [0.4, 0.5) is 17.2 Å². The quantitative estimate of drug-likeness (QED) is 0.599. The molecule has 1 saturated heterocycles. The summed E-state index contributed by atoms with van der Waals surface area (Å²) in [6, 6.07) is 7.37. The first kappa shape index (κ1) is 21.4. The fraction of sp³-hybridized carbons (Fsp3) is 0.304. The molecule has 5 rings (SSSR count). The molecule has 170 valence electrons. The van der Waals surface area contributed by atoms with Gasteiger partial charge in [-0.1, -0.05) is 6.07 Å². The monoisotopic (exact) mass is 464 g/mol. The van der Waals surface area contributed by atoms with Gasteiger partial charge in [0.15, 0.2) is 5.01 Å². The maximum Gasteiger partial charge on any atom is 0.284 e. The van der Waals surface area contributed by atoms with Gasteiger partial charge in [-0.2, -0.15) is 0 Å². The van der Waals surface area contributed by atoms with Gasteiger partial charge in [0.25, 0.3) is 11.8 Å². The van der Waals surface area contributed by atoms with Gasteiger partial charge in [0.2, 0.25) is 0 Å². The van der Waals surface area contributed by atoms with Gasteiger partial charge in [0, 0.05) is 36.8 Å². The van der Waals surface area contributed by atoms with Crippen LogP contribution in [0.15, 0.2) is 42.0 Å². The number of thiazole rings is 1. The minimum atomic E-state index is -0.320. The second-order valence-electron chi connectivity index (χ2n) is 7.86. The number of fused-ring (bicyclic) bond motifs is 1. The molecule has 0 spiro atoms. The zero-order valence-corrected chi connectivity index (χ0v) is 19.0. The van der Waals surface area contributed by atoms with Crippen LogP contribution >= 0.6 is 11.3 Å². The van der Waals surface area contributed by atoms with Crippen LogP contribution in [0.5, 0.6) is 5.75 Å². The van der Waals surface area contributed by atoms with E-state index in [1.165, 1.54) is 11.3 Å². The summed E-state index contributed by atoms with van der Waals surface area (Å²) in [7, 11) is 1.57. The number of methoxy groups -OCH3 is 1. The van der Waals surface area contributed by atoms with Crippen LogP contribution in [-0.4, -0.2) is 55.1 Å². The highest BCUT2D eigenvalue weighted by Crippen LogP contribution is 2.32. The summed E-state index contributed by atoms with van der Waals surface area (Å²) >= 11 is 1.21. The second kappa shape index (κ2) is 9.16. The number of nitrogens with zero attached hydrogens (tertiary/aromatic N) is 4. The molecule has 10 heteroatoms. The van der Waals surface area contributed by atoms with Crippen LogP contribution in [0.3, 0.4) is 0 Å². The second-order valence-corrected chi connectivity index (χ2v) is 8.72. The van der Waals surface area contributed by atoms with Crippen LogP contribution in [0.2, 0.25) is 0 Å². The summed E-state index contributed by atoms with van der Waals surface area (Å²) in [5, 5.41) is 8.37. The number of ether oxygens (including phenoxy) is 1. The minimum Gasteiger partial charge on any atom is -0.497 e. The lowest BCUT2D eigenvalue weighted by Crippen LogP contribution is -2.29. The Labute approximate surface area is 195 Å². The van der Waals surface area contributed by atoms with E-state index in [1.807, 2.05) is 18.2 Å². The summed E-state index contributed by atoms with van der Waals surface area (Å²) in [5.74, 6) is 0.634. The van der Waals surface area contributed by atoms with Gasteiger partial charge in [-0.05, 0) is 36.7 Å². The molecule has 3 aromatic rings. The Hall–Kier alpha value is -3.50. The van der Waals surface area contributed by atoms with Crippen LogP contribution in [0, 0.1) is 0 Å². The molecule has 0 bridgehead atoms. The lowest BCUT2D eigenvalue weighted by Gasteiger charge is -2.24. The van der Waals surface area contributed by atoms with E-state index in [-0.39, 0.29) is 11.8 Å². The lowest BCUT2D eigenvalue weighted by molar-refractivity contribution is 0.0991. The van der Waals surface area contributed by atoms with E-state index in [2.05, 4.69) is 25.5 Å². The Morgan fingerprint density at radius 2 is 2.15 bits per heavy atom. The molecule has 1 aromatic carbocycles. The third-order valence-corrected chi connectivity index (χ3v) is 6.64. The van der Waals surface area contributed by atoms with Crippen molar-refractivity contribution in [2.45, 2.75) is 13.0 Å². The molecule has 2 aromatic heterocycles. The number of carbonyl (C=O) groups is 2. The molecule has 4 heterocycles. The standard InChI is InChI=1S/C23H24N6O3S/c1-32-16-4-3-15-13-29(23(31)17(15)11-16)20-14-33-22(27-20)21(30)26-18-12-25-7-5-19(18)28-9-2-6-24-8-10-28/h3-5,7,11-12,14,24H,2,6,8-10,13H2,1H3,(H,26,30). The fourth-order valence-electron chi connectivity index (χ4n) is 4.11. The van der Waals surface area contributed by atoms with E-state index in [0.717, 1.165) is 43.9 Å². The van der Waals surface area contributed by atoms with E-state index in [1.54, 1.807) is 35.8 Å². The molecule has 2 amide bonds. The van der Waals surface area contributed by atoms with Gasteiger partial charge in [-0.3, -0.25) is 19.5 Å². The van der Waals surface area contributed by atoms with Crippen molar-refractivity contribution in [2.75, 3.05) is 48.4 Å². The third-order valence-electron chi connectivity index (χ3n) is 5.81. The van der Waals surface area contributed by atoms with Crippen LogP contribution < -0.4 is 25.2 Å². The Morgan fingerprint density at radius 3 is 3.03 bits per heavy atom. The molecule has 0 saturated carbocycles. The topological polar surface area (TPSA) is 99.7 Å². The predicted molar refractivity (Wildman–Crippen MR) is 128 cm³/mol. The van der Waals surface area contributed by atoms with E-state index in [9.17, 15) is 9.59 Å². The predicted octanol–water partition coefficient (Wildman–Crippen LogP) is 2.76. The highest BCUT2D eigenvalue weighted by molar-refractivity contribution is 7.12. The van der Waals surface area contributed by atoms with Gasteiger partial charge in [-0.15, -0.1) is 11.3 Å². The van der Waals surface area contributed by atoms with Crippen molar-refractivity contribution in [3.8, 4) is 5.75 Å². The largest absolute Gasteiger partial charge is 0.497 e. The average Bonchev–Trinajstić information content (AvgIpc) is 3.34. The van der Waals surface area contributed by atoms with Crippen LogP contribution in [0.1, 0.15) is 32.1 Å². The molecule has 2 N–H and O–H groups in total. The minimum absolute atomic E-state index is 0.148. The average molecular weight is 465 g/mol. The van der Waals surface area contributed by atoms with E-state index < -0.39 is 0 Å². The fourth-order valence-corrected chi connectivity index (χ4v) is 4.81. The summed E-state index contributed by atoms with van der Waals surface area (Å²) in [6.07, 6.45) is 4.42. The Bertz CT molecular complexity index is 1190. The number of amides is 2. The third kappa shape index (κ3) is 4.27. The summed E-state index contributed by atoms with van der Waals surface area (Å²) < 4.78 is 5.23. The number of carbonyl (C=O) groups excluding carboxylic acids is 2.